The van der Waals surface area contributed by atoms with Crippen molar-refractivity contribution >= 4 is 0 Å². The Hall–Kier alpha value is -1.24. The van der Waals surface area contributed by atoms with Crippen molar-refractivity contribution in [2.24, 2.45) is 0 Å². The molecule has 1 rings (SSSR count). The number of hydrogen-bond acceptors (Lipinski definition) is 1. The Morgan fingerprint density at radius 3 is 1.42 bits per heavy atom. The van der Waals surface area contributed by atoms with Gasteiger partial charge in [-0.2, -0.15) is 0 Å². The topological polar surface area (TPSA) is 20.2 Å². The third-order valence-corrected chi connectivity index (χ3v) is 6.76. The number of benzene rings is 1. The molecule has 0 aliphatic rings. The zero-order chi connectivity index (χ0) is 24.7. The molecule has 0 heterocycles. The fourth-order valence-corrected chi connectivity index (χ4v) is 4.56. The third kappa shape index (κ3) is 12.7. The lowest BCUT2D eigenvalue weighted by Crippen LogP contribution is -2.18. The quantitative estimate of drug-likeness (QED) is 0.194. The van der Waals surface area contributed by atoms with E-state index in [0.29, 0.717) is 5.75 Å². The van der Waals surface area contributed by atoms with Crippen molar-refractivity contribution < 1.29 is 5.11 Å². The van der Waals surface area contributed by atoms with Gasteiger partial charge in [0, 0.05) is 0 Å². The van der Waals surface area contributed by atoms with Crippen LogP contribution in [0.4, 0.5) is 0 Å². The monoisotopic (exact) mass is 456 g/mol. The number of phenols is 1. The highest BCUT2D eigenvalue weighted by Gasteiger charge is 2.26. The summed E-state index contributed by atoms with van der Waals surface area (Å²) in [4.78, 5) is 0. The van der Waals surface area contributed by atoms with Crippen molar-refractivity contribution in [3.05, 3.63) is 41.0 Å². The van der Waals surface area contributed by atoms with Crippen molar-refractivity contribution in [2.75, 3.05) is 0 Å². The second-order valence-corrected chi connectivity index (χ2v) is 12.2. The van der Waals surface area contributed by atoms with Crippen LogP contribution in [0.25, 0.3) is 0 Å². The summed E-state index contributed by atoms with van der Waals surface area (Å²) in [5.41, 5.74) is 3.49. The first kappa shape index (κ1) is 29.8. The summed E-state index contributed by atoms with van der Waals surface area (Å²) in [6.07, 6.45) is 24.8. The first-order valence-electron chi connectivity index (χ1n) is 14.1. The van der Waals surface area contributed by atoms with Gasteiger partial charge >= 0.3 is 0 Å². The van der Waals surface area contributed by atoms with Gasteiger partial charge in [0.25, 0.3) is 0 Å². The molecule has 0 aliphatic carbocycles. The maximum Gasteiger partial charge on any atom is 0.123 e. The van der Waals surface area contributed by atoms with Crippen LogP contribution < -0.4 is 0 Å². The van der Waals surface area contributed by atoms with Gasteiger partial charge in [-0.3, -0.25) is 0 Å². The maximum absolute atomic E-state index is 10.9. The van der Waals surface area contributed by atoms with Gasteiger partial charge in [-0.25, -0.2) is 0 Å². The highest BCUT2D eigenvalue weighted by Crippen LogP contribution is 2.40. The molecule has 0 aliphatic heterocycles. The molecule has 190 valence electrons. The molecule has 0 fully saturated rings. The summed E-state index contributed by atoms with van der Waals surface area (Å²) in [6, 6.07) is 4.50. The third-order valence-electron chi connectivity index (χ3n) is 6.76. The summed E-state index contributed by atoms with van der Waals surface area (Å²) in [6.45, 7) is 15.5. The summed E-state index contributed by atoms with van der Waals surface area (Å²) in [7, 11) is 0. The highest BCUT2D eigenvalue weighted by molar-refractivity contribution is 5.49. The number of aromatic hydroxyl groups is 1. The van der Waals surface area contributed by atoms with E-state index >= 15 is 0 Å². The summed E-state index contributed by atoms with van der Waals surface area (Å²) < 4.78 is 0. The minimum atomic E-state index is -0.0385. The fraction of sp³-hybridized carbons (Fsp3) is 0.750. The molecule has 0 amide bonds. The molecule has 0 unspecified atom stereocenters. The van der Waals surface area contributed by atoms with Gasteiger partial charge in [0.2, 0.25) is 0 Å². The van der Waals surface area contributed by atoms with E-state index in [9.17, 15) is 5.11 Å². The van der Waals surface area contributed by atoms with Crippen molar-refractivity contribution in [3.8, 4) is 5.75 Å². The van der Waals surface area contributed by atoms with Crippen molar-refractivity contribution in [1.82, 2.24) is 0 Å². The lowest BCUT2D eigenvalue weighted by atomic mass is 9.78. The number of aryl methyl sites for hydroxylation is 1. The normalized spacial score (nSPS) is 12.7. The average molecular weight is 457 g/mol. The molecule has 0 radical (unpaired) electrons. The molecule has 1 aromatic carbocycles. The smallest absolute Gasteiger partial charge is 0.123 e. The predicted molar refractivity (Wildman–Crippen MR) is 149 cm³/mol. The molecular formula is C32H56O. The Bertz CT molecular complexity index is 634. The van der Waals surface area contributed by atoms with E-state index in [0.717, 1.165) is 17.5 Å². The van der Waals surface area contributed by atoms with Gasteiger partial charge in [0.1, 0.15) is 5.75 Å². The van der Waals surface area contributed by atoms with Crippen LogP contribution in [0.5, 0.6) is 5.75 Å². The summed E-state index contributed by atoms with van der Waals surface area (Å²) >= 11 is 0. The fourth-order valence-electron chi connectivity index (χ4n) is 4.56. The van der Waals surface area contributed by atoms with Gasteiger partial charge in [-0.05, 0) is 66.0 Å². The maximum atomic E-state index is 10.9. The van der Waals surface area contributed by atoms with Crippen LogP contribution in [-0.4, -0.2) is 5.11 Å². The first-order chi connectivity index (χ1) is 15.6. The molecule has 0 atom stereocenters. The molecule has 1 heteroatoms. The number of unbranched alkanes of at least 4 members (excludes halogenated alkanes) is 12. The van der Waals surface area contributed by atoms with E-state index in [2.05, 4.69) is 72.8 Å². The molecule has 0 saturated heterocycles. The SMILES string of the molecule is CCCCCCCC/C=C\CCCCCCCCc1cc(C(C)(C)C)c(O)c(C(C)(C)C)c1. The van der Waals surface area contributed by atoms with Gasteiger partial charge in [0.05, 0.1) is 0 Å². The molecule has 1 aromatic rings. The van der Waals surface area contributed by atoms with Gasteiger partial charge in [-0.15, -0.1) is 0 Å². The average Bonchev–Trinajstić information content (AvgIpc) is 2.72. The second-order valence-electron chi connectivity index (χ2n) is 12.2. The minimum Gasteiger partial charge on any atom is -0.507 e. The number of hydrogen-bond donors (Lipinski definition) is 1. The Balaban J connectivity index is 2.24. The first-order valence-corrected chi connectivity index (χ1v) is 14.1. The zero-order valence-corrected chi connectivity index (χ0v) is 23.4. The molecule has 1 N–H and O–H groups in total. The Morgan fingerprint density at radius 2 is 1.00 bits per heavy atom. The Morgan fingerprint density at radius 1 is 0.606 bits per heavy atom. The Kier molecular flexibility index (Phi) is 14.1. The van der Waals surface area contributed by atoms with Crippen LogP contribution in [0.3, 0.4) is 0 Å². The number of rotatable bonds is 16. The van der Waals surface area contributed by atoms with Crippen LogP contribution in [0.2, 0.25) is 0 Å². The summed E-state index contributed by atoms with van der Waals surface area (Å²) in [5, 5.41) is 10.9. The molecule has 1 nitrogen and oxygen atoms in total. The van der Waals surface area contributed by atoms with Crippen molar-refractivity contribution in [2.45, 2.75) is 156 Å². The van der Waals surface area contributed by atoms with Gasteiger partial charge < -0.3 is 5.11 Å². The van der Waals surface area contributed by atoms with Crippen molar-refractivity contribution in [1.29, 1.82) is 0 Å². The van der Waals surface area contributed by atoms with E-state index in [4.69, 9.17) is 0 Å². The van der Waals surface area contributed by atoms with Crippen LogP contribution in [0, 0.1) is 0 Å². The van der Waals surface area contributed by atoms with E-state index < -0.39 is 0 Å². The lowest BCUT2D eigenvalue weighted by Gasteiger charge is -2.28. The Labute approximate surface area is 207 Å². The molecular weight excluding hydrogens is 400 g/mol. The van der Waals surface area contributed by atoms with E-state index in [1.807, 2.05) is 0 Å². The number of phenolic OH excluding ortho intramolecular Hbond substituents is 1. The highest BCUT2D eigenvalue weighted by atomic mass is 16.3. The number of allylic oxidation sites excluding steroid dienone is 2. The van der Waals surface area contributed by atoms with Gasteiger partial charge in [0.15, 0.2) is 0 Å². The van der Waals surface area contributed by atoms with E-state index in [-0.39, 0.29) is 10.8 Å². The van der Waals surface area contributed by atoms with Gasteiger partial charge in [-0.1, -0.05) is 131 Å². The van der Waals surface area contributed by atoms with E-state index in [1.54, 1.807) is 0 Å². The molecule has 0 aromatic heterocycles. The van der Waals surface area contributed by atoms with Crippen LogP contribution in [-0.2, 0) is 17.3 Å². The lowest BCUT2D eigenvalue weighted by molar-refractivity contribution is 0.422. The molecule has 0 spiro atoms. The standard InChI is InChI=1S/C32H56O/c1-8-9-10-11-12-13-14-15-16-17-18-19-20-21-22-23-24-27-25-28(31(2,3)4)30(33)29(26-27)32(5,6)7/h15-16,25-26,33H,8-14,17-24H2,1-7H3/b16-15-. The predicted octanol–water partition coefficient (Wildman–Crippen LogP) is 10.6. The molecule has 0 bridgehead atoms. The molecule has 33 heavy (non-hydrogen) atoms. The van der Waals surface area contributed by atoms with Crippen LogP contribution in [0.1, 0.15) is 155 Å². The second kappa shape index (κ2) is 15.6. The largest absolute Gasteiger partial charge is 0.507 e. The van der Waals surface area contributed by atoms with Crippen LogP contribution >= 0.6 is 0 Å². The van der Waals surface area contributed by atoms with E-state index in [1.165, 1.54) is 95.5 Å². The van der Waals surface area contributed by atoms with Crippen molar-refractivity contribution in [3.63, 3.8) is 0 Å². The molecule has 0 saturated carbocycles. The minimum absolute atomic E-state index is 0.0385. The zero-order valence-electron chi connectivity index (χ0n) is 23.4. The van der Waals surface area contributed by atoms with Crippen LogP contribution in [0.15, 0.2) is 24.3 Å². The summed E-state index contributed by atoms with van der Waals surface area (Å²) in [5.74, 6) is 0.500.